The molecule has 0 spiro atoms. The van der Waals surface area contributed by atoms with Crippen molar-refractivity contribution in [3.8, 4) is 0 Å². The van der Waals surface area contributed by atoms with Crippen molar-refractivity contribution in [3.05, 3.63) is 35.4 Å². The largest absolute Gasteiger partial charge is 0.396 e. The summed E-state index contributed by atoms with van der Waals surface area (Å²) in [5.74, 6) is 0.289. The molecule has 1 unspecified atom stereocenters. The molecule has 1 fully saturated rings. The second-order valence-corrected chi connectivity index (χ2v) is 4.72. The van der Waals surface area contributed by atoms with Gasteiger partial charge in [-0.3, -0.25) is 4.79 Å². The summed E-state index contributed by atoms with van der Waals surface area (Å²) in [5, 5.41) is 9.08. The van der Waals surface area contributed by atoms with Crippen molar-refractivity contribution in [1.82, 2.24) is 4.90 Å². The van der Waals surface area contributed by atoms with Crippen LogP contribution in [0.2, 0.25) is 0 Å². The first kappa shape index (κ1) is 13.1. The van der Waals surface area contributed by atoms with Crippen LogP contribution in [-0.4, -0.2) is 42.7 Å². The fourth-order valence-electron chi connectivity index (χ4n) is 2.26. The third-order valence-electron chi connectivity index (χ3n) is 3.34. The number of hydrogen-bond donors (Lipinski definition) is 1. The van der Waals surface area contributed by atoms with Crippen LogP contribution in [0.3, 0.4) is 0 Å². The number of likely N-dealkylation sites (tertiary alicyclic amines) is 1. The lowest BCUT2D eigenvalue weighted by molar-refractivity contribution is 0.0782. The van der Waals surface area contributed by atoms with Crippen LogP contribution in [0.5, 0.6) is 0 Å². The molecule has 0 bridgehead atoms. The molecule has 1 aromatic rings. The van der Waals surface area contributed by atoms with Crippen LogP contribution in [-0.2, 0) is 11.3 Å². The number of carbonyl (C=O) groups excluding carboxylic acids is 1. The average molecular weight is 249 g/mol. The zero-order valence-corrected chi connectivity index (χ0v) is 10.6. The highest BCUT2D eigenvalue weighted by molar-refractivity contribution is 5.94. The molecule has 1 N–H and O–H groups in total. The highest BCUT2D eigenvalue weighted by Gasteiger charge is 2.26. The van der Waals surface area contributed by atoms with E-state index in [0.29, 0.717) is 18.7 Å². The van der Waals surface area contributed by atoms with E-state index < -0.39 is 0 Å². The summed E-state index contributed by atoms with van der Waals surface area (Å²) in [4.78, 5) is 14.0. The lowest BCUT2D eigenvalue weighted by Gasteiger charge is -2.16. The van der Waals surface area contributed by atoms with Crippen molar-refractivity contribution in [2.45, 2.75) is 13.0 Å². The van der Waals surface area contributed by atoms with E-state index in [9.17, 15) is 4.79 Å². The lowest BCUT2D eigenvalue weighted by atomic mass is 10.1. The first-order valence-electron chi connectivity index (χ1n) is 6.22. The number of aliphatic hydroxyl groups is 1. The van der Waals surface area contributed by atoms with E-state index in [1.54, 1.807) is 7.11 Å². The summed E-state index contributed by atoms with van der Waals surface area (Å²) in [6, 6.07) is 7.50. The zero-order chi connectivity index (χ0) is 13.0. The molecular formula is C14H19NO3. The van der Waals surface area contributed by atoms with Gasteiger partial charge in [-0.15, -0.1) is 0 Å². The molecule has 0 aromatic heterocycles. The van der Waals surface area contributed by atoms with E-state index in [4.69, 9.17) is 9.84 Å². The van der Waals surface area contributed by atoms with Crippen LogP contribution < -0.4 is 0 Å². The first-order chi connectivity index (χ1) is 8.74. The smallest absolute Gasteiger partial charge is 0.253 e. The van der Waals surface area contributed by atoms with Crippen molar-refractivity contribution in [3.63, 3.8) is 0 Å². The van der Waals surface area contributed by atoms with Crippen molar-refractivity contribution in [1.29, 1.82) is 0 Å². The number of hydrogen-bond acceptors (Lipinski definition) is 3. The van der Waals surface area contributed by atoms with Crippen molar-refractivity contribution < 1.29 is 14.6 Å². The Morgan fingerprint density at radius 2 is 2.17 bits per heavy atom. The molecule has 0 aliphatic carbocycles. The van der Waals surface area contributed by atoms with Crippen molar-refractivity contribution in [2.75, 3.05) is 26.8 Å². The molecule has 1 heterocycles. The Morgan fingerprint density at radius 3 is 2.72 bits per heavy atom. The molecule has 1 aliphatic heterocycles. The topological polar surface area (TPSA) is 49.8 Å². The molecule has 0 radical (unpaired) electrons. The van der Waals surface area contributed by atoms with Crippen LogP contribution in [0.4, 0.5) is 0 Å². The summed E-state index contributed by atoms with van der Waals surface area (Å²) in [6.07, 6.45) is 0.893. The van der Waals surface area contributed by atoms with Gasteiger partial charge in [-0.2, -0.15) is 0 Å². The van der Waals surface area contributed by atoms with Gasteiger partial charge in [-0.1, -0.05) is 12.1 Å². The third-order valence-corrected chi connectivity index (χ3v) is 3.34. The fourth-order valence-corrected chi connectivity index (χ4v) is 2.26. The molecule has 1 aromatic carbocycles. The number of methoxy groups -OCH3 is 1. The van der Waals surface area contributed by atoms with E-state index >= 15 is 0 Å². The van der Waals surface area contributed by atoms with Gasteiger partial charge in [-0.05, 0) is 24.1 Å². The second kappa shape index (κ2) is 5.98. The van der Waals surface area contributed by atoms with E-state index in [0.717, 1.165) is 18.5 Å². The maximum atomic E-state index is 12.2. The number of aliphatic hydroxyl groups excluding tert-OH is 1. The van der Waals surface area contributed by atoms with Crippen LogP contribution in [0.1, 0.15) is 22.3 Å². The fraction of sp³-hybridized carbons (Fsp3) is 0.500. The number of amides is 1. The van der Waals surface area contributed by atoms with Crippen LogP contribution in [0.25, 0.3) is 0 Å². The SMILES string of the molecule is COCc1ccc(C(=O)N2CCC(CO)C2)cc1. The van der Waals surface area contributed by atoms with Gasteiger partial charge in [0.2, 0.25) is 0 Å². The summed E-state index contributed by atoms with van der Waals surface area (Å²) in [6.45, 7) is 2.13. The monoisotopic (exact) mass is 249 g/mol. The molecule has 1 aliphatic rings. The molecule has 1 amide bonds. The maximum absolute atomic E-state index is 12.2. The first-order valence-corrected chi connectivity index (χ1v) is 6.22. The quantitative estimate of drug-likeness (QED) is 0.874. The van der Waals surface area contributed by atoms with Gasteiger partial charge in [0, 0.05) is 38.3 Å². The normalized spacial score (nSPS) is 19.2. The minimum Gasteiger partial charge on any atom is -0.396 e. The Labute approximate surface area is 107 Å². The molecular weight excluding hydrogens is 230 g/mol. The molecule has 1 atom stereocenters. The van der Waals surface area contributed by atoms with Gasteiger partial charge in [0.1, 0.15) is 0 Å². The molecule has 4 heteroatoms. The van der Waals surface area contributed by atoms with Crippen molar-refractivity contribution >= 4 is 5.91 Å². The van der Waals surface area contributed by atoms with E-state index in [1.807, 2.05) is 29.2 Å². The van der Waals surface area contributed by atoms with E-state index in [1.165, 1.54) is 0 Å². The predicted octanol–water partition coefficient (Wildman–Crippen LogP) is 1.29. The lowest BCUT2D eigenvalue weighted by Crippen LogP contribution is -2.29. The molecule has 1 saturated heterocycles. The van der Waals surface area contributed by atoms with Gasteiger partial charge in [0.15, 0.2) is 0 Å². The predicted molar refractivity (Wildman–Crippen MR) is 68.3 cm³/mol. The molecule has 2 rings (SSSR count). The Balaban J connectivity index is 2.00. The maximum Gasteiger partial charge on any atom is 0.253 e. The summed E-state index contributed by atoms with van der Waals surface area (Å²) < 4.78 is 5.03. The Bertz CT molecular complexity index is 402. The van der Waals surface area contributed by atoms with Crippen molar-refractivity contribution in [2.24, 2.45) is 5.92 Å². The minimum atomic E-state index is 0.0508. The number of nitrogens with zero attached hydrogens (tertiary/aromatic N) is 1. The highest BCUT2D eigenvalue weighted by atomic mass is 16.5. The molecule has 98 valence electrons. The minimum absolute atomic E-state index is 0.0508. The summed E-state index contributed by atoms with van der Waals surface area (Å²) in [7, 11) is 1.65. The Morgan fingerprint density at radius 1 is 1.44 bits per heavy atom. The van der Waals surface area contributed by atoms with Gasteiger partial charge >= 0.3 is 0 Å². The van der Waals surface area contributed by atoms with E-state index in [2.05, 4.69) is 0 Å². The summed E-state index contributed by atoms with van der Waals surface area (Å²) in [5.41, 5.74) is 1.76. The molecule has 18 heavy (non-hydrogen) atoms. The number of rotatable bonds is 4. The average Bonchev–Trinajstić information content (AvgIpc) is 2.88. The number of benzene rings is 1. The molecule has 4 nitrogen and oxygen atoms in total. The molecule has 0 saturated carbocycles. The van der Waals surface area contributed by atoms with Gasteiger partial charge in [0.05, 0.1) is 6.61 Å². The Hall–Kier alpha value is -1.39. The van der Waals surface area contributed by atoms with E-state index in [-0.39, 0.29) is 18.4 Å². The zero-order valence-electron chi connectivity index (χ0n) is 10.6. The third kappa shape index (κ3) is 2.89. The Kier molecular flexibility index (Phi) is 4.33. The van der Waals surface area contributed by atoms with Gasteiger partial charge < -0.3 is 14.7 Å². The van der Waals surface area contributed by atoms with Crippen LogP contribution in [0.15, 0.2) is 24.3 Å². The number of ether oxygens (including phenoxy) is 1. The highest BCUT2D eigenvalue weighted by Crippen LogP contribution is 2.18. The van der Waals surface area contributed by atoms with Gasteiger partial charge in [0.25, 0.3) is 5.91 Å². The second-order valence-electron chi connectivity index (χ2n) is 4.72. The number of carbonyl (C=O) groups is 1. The van der Waals surface area contributed by atoms with Crippen LogP contribution in [0, 0.1) is 5.92 Å². The van der Waals surface area contributed by atoms with Gasteiger partial charge in [-0.25, -0.2) is 0 Å². The standard InChI is InChI=1S/C14H19NO3/c1-18-10-11-2-4-13(5-3-11)14(17)15-7-6-12(8-15)9-16/h2-5,12,16H,6-10H2,1H3. The van der Waals surface area contributed by atoms with Crippen LogP contribution >= 0.6 is 0 Å². The summed E-state index contributed by atoms with van der Waals surface area (Å²) >= 11 is 0.